The average Bonchev–Trinajstić information content (AvgIpc) is 2.70. The van der Waals surface area contributed by atoms with Crippen LogP contribution in [0.5, 0.6) is 0 Å². The van der Waals surface area contributed by atoms with Crippen molar-refractivity contribution in [2.24, 2.45) is 0 Å². The van der Waals surface area contributed by atoms with Crippen LogP contribution >= 0.6 is 0 Å². The van der Waals surface area contributed by atoms with Crippen molar-refractivity contribution in [1.82, 2.24) is 10.2 Å². The first-order valence-electron chi connectivity index (χ1n) is 9.09. The first kappa shape index (κ1) is 19.3. The lowest BCUT2D eigenvalue weighted by Crippen LogP contribution is -2.41. The van der Waals surface area contributed by atoms with Gasteiger partial charge in [-0.1, -0.05) is 78.9 Å². The van der Waals surface area contributed by atoms with Crippen LogP contribution < -0.4 is 10.6 Å². The van der Waals surface area contributed by atoms with E-state index in [1.54, 1.807) is 12.1 Å². The molecule has 3 rings (SSSR count). The summed E-state index contributed by atoms with van der Waals surface area (Å²) in [7, 11) is 1.87. The third-order valence-corrected chi connectivity index (χ3v) is 4.35. The Hall–Kier alpha value is -3.44. The quantitative estimate of drug-likeness (QED) is 0.685. The van der Waals surface area contributed by atoms with Gasteiger partial charge in [0, 0.05) is 5.69 Å². The van der Waals surface area contributed by atoms with E-state index in [-0.39, 0.29) is 18.5 Å². The Morgan fingerprint density at radius 2 is 1.25 bits per heavy atom. The van der Waals surface area contributed by atoms with Gasteiger partial charge in [-0.2, -0.15) is 0 Å². The summed E-state index contributed by atoms with van der Waals surface area (Å²) < 4.78 is 0. The van der Waals surface area contributed by atoms with Gasteiger partial charge in [0.05, 0.1) is 12.6 Å². The number of nitrogens with one attached hydrogen (secondary N) is 2. The van der Waals surface area contributed by atoms with Crippen LogP contribution in [0.2, 0.25) is 0 Å². The highest BCUT2D eigenvalue weighted by molar-refractivity contribution is 6.01. The second-order valence-corrected chi connectivity index (χ2v) is 6.51. The number of imide groups is 1. The van der Waals surface area contributed by atoms with Crippen LogP contribution in [-0.2, 0) is 4.79 Å². The minimum atomic E-state index is -0.541. The van der Waals surface area contributed by atoms with Crippen molar-refractivity contribution >= 4 is 17.6 Å². The number of carbonyl (C=O) groups is 2. The zero-order chi connectivity index (χ0) is 19.8. The molecular weight excluding hydrogens is 350 g/mol. The number of benzene rings is 3. The average molecular weight is 373 g/mol. The molecule has 0 unspecified atom stereocenters. The molecule has 0 aromatic heterocycles. The molecule has 5 nitrogen and oxygen atoms in total. The molecule has 0 atom stereocenters. The van der Waals surface area contributed by atoms with Crippen molar-refractivity contribution in [2.75, 3.05) is 18.9 Å². The number of anilines is 1. The number of hydrogen-bond acceptors (Lipinski definition) is 3. The number of hydrogen-bond donors (Lipinski definition) is 2. The van der Waals surface area contributed by atoms with Gasteiger partial charge in [-0.15, -0.1) is 0 Å². The summed E-state index contributed by atoms with van der Waals surface area (Å²) >= 11 is 0. The third-order valence-electron chi connectivity index (χ3n) is 4.35. The maximum absolute atomic E-state index is 12.4. The molecule has 3 amide bonds. The topological polar surface area (TPSA) is 61.4 Å². The van der Waals surface area contributed by atoms with E-state index in [2.05, 4.69) is 10.6 Å². The molecule has 0 fully saturated rings. The molecule has 0 radical (unpaired) electrons. The van der Waals surface area contributed by atoms with E-state index in [0.717, 1.165) is 11.1 Å². The highest BCUT2D eigenvalue weighted by atomic mass is 16.2. The largest absolute Gasteiger partial charge is 0.325 e. The molecule has 28 heavy (non-hydrogen) atoms. The normalized spacial score (nSPS) is 10.7. The van der Waals surface area contributed by atoms with E-state index < -0.39 is 6.03 Å². The van der Waals surface area contributed by atoms with Gasteiger partial charge in [0.2, 0.25) is 5.91 Å². The molecular formula is C23H23N3O2. The van der Waals surface area contributed by atoms with Crippen molar-refractivity contribution in [3.05, 3.63) is 102 Å². The minimum Gasteiger partial charge on any atom is -0.308 e. The van der Waals surface area contributed by atoms with Gasteiger partial charge in [0.1, 0.15) is 0 Å². The van der Waals surface area contributed by atoms with E-state index in [9.17, 15) is 9.59 Å². The fourth-order valence-electron chi connectivity index (χ4n) is 3.14. The van der Waals surface area contributed by atoms with Crippen molar-refractivity contribution in [3.8, 4) is 0 Å². The van der Waals surface area contributed by atoms with Gasteiger partial charge in [-0.05, 0) is 30.3 Å². The zero-order valence-corrected chi connectivity index (χ0v) is 15.7. The third kappa shape index (κ3) is 5.28. The van der Waals surface area contributed by atoms with Gasteiger partial charge >= 0.3 is 6.03 Å². The van der Waals surface area contributed by atoms with Crippen LogP contribution in [0.3, 0.4) is 0 Å². The molecule has 0 aliphatic rings. The first-order valence-corrected chi connectivity index (χ1v) is 9.09. The molecule has 0 bridgehead atoms. The minimum absolute atomic E-state index is 0.0800. The second-order valence-electron chi connectivity index (χ2n) is 6.51. The summed E-state index contributed by atoms with van der Waals surface area (Å²) in [5, 5.41) is 5.04. The Balaban J connectivity index is 1.67. The van der Waals surface area contributed by atoms with E-state index >= 15 is 0 Å². The smallest absolute Gasteiger partial charge is 0.308 e. The maximum atomic E-state index is 12.4. The summed E-state index contributed by atoms with van der Waals surface area (Å²) in [6.45, 7) is 0.0800. The molecule has 0 aliphatic carbocycles. The Morgan fingerprint density at radius 3 is 1.75 bits per heavy atom. The zero-order valence-electron chi connectivity index (χ0n) is 15.7. The van der Waals surface area contributed by atoms with Crippen LogP contribution in [0.15, 0.2) is 91.0 Å². The molecule has 0 heterocycles. The van der Waals surface area contributed by atoms with Crippen LogP contribution in [0.4, 0.5) is 10.5 Å². The van der Waals surface area contributed by atoms with Gasteiger partial charge < -0.3 is 5.32 Å². The van der Waals surface area contributed by atoms with E-state index in [4.69, 9.17) is 0 Å². The summed E-state index contributed by atoms with van der Waals surface area (Å²) in [6.07, 6.45) is 0. The molecule has 3 aromatic carbocycles. The van der Waals surface area contributed by atoms with Crippen LogP contribution in [0.25, 0.3) is 0 Å². The summed E-state index contributed by atoms with van der Waals surface area (Å²) in [5.41, 5.74) is 2.79. The number of carbonyl (C=O) groups excluding carboxylic acids is 2. The van der Waals surface area contributed by atoms with E-state index in [0.29, 0.717) is 5.69 Å². The van der Waals surface area contributed by atoms with Crippen LogP contribution in [0, 0.1) is 0 Å². The van der Waals surface area contributed by atoms with E-state index in [1.807, 2.05) is 90.8 Å². The van der Waals surface area contributed by atoms with Crippen molar-refractivity contribution in [2.45, 2.75) is 6.04 Å². The highest BCUT2D eigenvalue weighted by Crippen LogP contribution is 2.27. The van der Waals surface area contributed by atoms with Gasteiger partial charge in [-0.3, -0.25) is 15.0 Å². The summed E-state index contributed by atoms with van der Waals surface area (Å²) in [6, 6.07) is 28.4. The maximum Gasteiger partial charge on any atom is 0.325 e. The highest BCUT2D eigenvalue weighted by Gasteiger charge is 2.21. The molecule has 5 heteroatoms. The monoisotopic (exact) mass is 373 g/mol. The Bertz CT molecular complexity index is 859. The standard InChI is InChI=1S/C23H23N3O2/c1-26(17-21(27)25-23(28)24-20-15-9-4-10-16-20)22(18-11-5-2-6-12-18)19-13-7-3-8-14-19/h2-16,22H,17H2,1H3,(H2,24,25,27,28). The number of rotatable bonds is 6. The predicted molar refractivity (Wildman–Crippen MR) is 111 cm³/mol. The SMILES string of the molecule is CN(CC(=O)NC(=O)Nc1ccccc1)C(c1ccccc1)c1ccccc1. The van der Waals surface area contributed by atoms with Crippen molar-refractivity contribution < 1.29 is 9.59 Å². The molecule has 0 spiro atoms. The number of amides is 3. The molecule has 2 N–H and O–H groups in total. The summed E-state index contributed by atoms with van der Waals surface area (Å²) in [5.74, 6) is -0.368. The lowest BCUT2D eigenvalue weighted by molar-refractivity contribution is -0.121. The lowest BCUT2D eigenvalue weighted by Gasteiger charge is -2.28. The molecule has 0 saturated heterocycles. The molecule has 3 aromatic rings. The van der Waals surface area contributed by atoms with E-state index in [1.165, 1.54) is 0 Å². The molecule has 0 saturated carbocycles. The van der Waals surface area contributed by atoms with Crippen LogP contribution in [-0.4, -0.2) is 30.4 Å². The van der Waals surface area contributed by atoms with Crippen LogP contribution in [0.1, 0.15) is 17.2 Å². The predicted octanol–water partition coefficient (Wildman–Crippen LogP) is 4.06. The lowest BCUT2D eigenvalue weighted by atomic mass is 9.97. The van der Waals surface area contributed by atoms with Gasteiger partial charge in [-0.25, -0.2) is 4.79 Å². The molecule has 142 valence electrons. The Kier molecular flexibility index (Phi) is 6.54. The second kappa shape index (κ2) is 9.48. The Labute approximate surface area is 165 Å². The van der Waals surface area contributed by atoms with Gasteiger partial charge in [0.15, 0.2) is 0 Å². The molecule has 0 aliphatic heterocycles. The Morgan fingerprint density at radius 1 is 0.786 bits per heavy atom. The van der Waals surface area contributed by atoms with Crippen molar-refractivity contribution in [1.29, 1.82) is 0 Å². The first-order chi connectivity index (χ1) is 13.6. The fourth-order valence-corrected chi connectivity index (χ4v) is 3.14. The number of nitrogens with zero attached hydrogens (tertiary/aromatic N) is 1. The van der Waals surface area contributed by atoms with Crippen molar-refractivity contribution in [3.63, 3.8) is 0 Å². The fraction of sp³-hybridized carbons (Fsp3) is 0.130. The number of para-hydroxylation sites is 1. The number of likely N-dealkylation sites (N-methyl/N-ethyl adjacent to an activating group) is 1. The summed E-state index contributed by atoms with van der Waals surface area (Å²) in [4.78, 5) is 26.4. The number of urea groups is 1. The van der Waals surface area contributed by atoms with Gasteiger partial charge in [0.25, 0.3) is 0 Å².